The highest BCUT2D eigenvalue weighted by molar-refractivity contribution is 6.60. The van der Waals surface area contributed by atoms with Crippen LogP contribution in [0, 0.1) is 5.92 Å². The number of amides is 1. The van der Waals surface area contributed by atoms with E-state index in [1.807, 2.05) is 0 Å². The third-order valence-corrected chi connectivity index (χ3v) is 5.61. The summed E-state index contributed by atoms with van der Waals surface area (Å²) in [5, 5.41) is 8.75. The summed E-state index contributed by atoms with van der Waals surface area (Å²) in [4.78, 5) is 11.2. The summed E-state index contributed by atoms with van der Waals surface area (Å²) in [5.41, 5.74) is 5.30. The zero-order valence-electron chi connectivity index (χ0n) is 10.8. The van der Waals surface area contributed by atoms with E-state index in [1.54, 1.807) is 0 Å². The maximum absolute atomic E-state index is 11.2. The van der Waals surface area contributed by atoms with Crippen molar-refractivity contribution in [3.8, 4) is 0 Å². The molecule has 0 aliphatic rings. The molecule has 0 saturated heterocycles. The molecule has 0 spiro atoms. The van der Waals surface area contributed by atoms with Crippen LogP contribution in [0.2, 0.25) is 6.04 Å². The van der Waals surface area contributed by atoms with Gasteiger partial charge >= 0.3 is 8.80 Å². The number of nitrogens with two attached hydrogens (primary N) is 1. The topological polar surface area (TPSA) is 91.0 Å². The Morgan fingerprint density at radius 2 is 1.76 bits per heavy atom. The summed E-state index contributed by atoms with van der Waals surface area (Å²) in [7, 11) is 1.97. The number of carbonyl (C=O) groups is 1. The first-order valence-electron chi connectivity index (χ1n) is 5.60. The van der Waals surface area contributed by atoms with Gasteiger partial charge < -0.3 is 24.1 Å². The third kappa shape index (κ3) is 5.60. The number of aliphatic hydroxyl groups excluding tert-OH is 1. The van der Waals surface area contributed by atoms with E-state index in [-0.39, 0.29) is 18.4 Å². The highest BCUT2D eigenvalue weighted by Gasteiger charge is 2.38. The molecule has 3 N–H and O–H groups in total. The van der Waals surface area contributed by atoms with E-state index in [1.165, 1.54) is 21.3 Å². The summed E-state index contributed by atoms with van der Waals surface area (Å²) in [6.45, 7) is 0.0607. The first-order chi connectivity index (χ1) is 8.05. The van der Waals surface area contributed by atoms with Gasteiger partial charge in [-0.2, -0.15) is 0 Å². The van der Waals surface area contributed by atoms with Gasteiger partial charge in [0.25, 0.3) is 0 Å². The van der Waals surface area contributed by atoms with Crippen molar-refractivity contribution in [2.45, 2.75) is 25.3 Å². The fraction of sp³-hybridized carbons (Fsp3) is 0.900. The molecule has 0 radical (unpaired) electrons. The molecule has 0 heterocycles. The van der Waals surface area contributed by atoms with Gasteiger partial charge in [0, 0.05) is 39.9 Å². The minimum atomic E-state index is -2.64. The van der Waals surface area contributed by atoms with Crippen LogP contribution in [-0.4, -0.2) is 47.8 Å². The van der Waals surface area contributed by atoms with Crippen molar-refractivity contribution in [3.05, 3.63) is 0 Å². The van der Waals surface area contributed by atoms with Crippen LogP contribution in [0.1, 0.15) is 19.3 Å². The molecule has 0 bridgehead atoms. The Balaban J connectivity index is 4.31. The average molecular weight is 265 g/mol. The summed E-state index contributed by atoms with van der Waals surface area (Å²) < 4.78 is 15.8. The average Bonchev–Trinajstić information content (AvgIpc) is 2.34. The molecule has 0 saturated carbocycles. The zero-order chi connectivity index (χ0) is 13.3. The van der Waals surface area contributed by atoms with Gasteiger partial charge in [-0.3, -0.25) is 4.79 Å². The molecule has 1 amide bonds. The maximum Gasteiger partial charge on any atom is 0.500 e. The smallest absolute Gasteiger partial charge is 0.396 e. The minimum absolute atomic E-state index is 0.0607. The van der Waals surface area contributed by atoms with Crippen LogP contribution in [0.3, 0.4) is 0 Å². The monoisotopic (exact) mass is 265 g/mol. The first-order valence-corrected chi connectivity index (χ1v) is 7.54. The molecule has 102 valence electrons. The zero-order valence-corrected chi connectivity index (χ0v) is 11.8. The molecular formula is C10H23NO5Si. The Bertz CT molecular complexity index is 214. The lowest BCUT2D eigenvalue weighted by Gasteiger charge is -2.25. The Labute approximate surface area is 103 Å². The number of carbonyl (C=O) groups excluding carboxylic acids is 1. The highest BCUT2D eigenvalue weighted by atomic mass is 28.4. The van der Waals surface area contributed by atoms with Gasteiger partial charge in [-0.05, 0) is 19.3 Å². The summed E-state index contributed by atoms with van der Waals surface area (Å²) in [6.07, 6.45) is 1.69. The van der Waals surface area contributed by atoms with E-state index in [0.717, 1.165) is 0 Å². The molecule has 0 rings (SSSR count). The lowest BCUT2D eigenvalue weighted by atomic mass is 10.00. The van der Waals surface area contributed by atoms with E-state index >= 15 is 0 Å². The van der Waals surface area contributed by atoms with Crippen molar-refractivity contribution in [1.29, 1.82) is 0 Å². The predicted molar refractivity (Wildman–Crippen MR) is 65.2 cm³/mol. The normalized spacial score (nSPS) is 13.6. The molecular weight excluding hydrogens is 242 g/mol. The largest absolute Gasteiger partial charge is 0.500 e. The van der Waals surface area contributed by atoms with Gasteiger partial charge in [0.2, 0.25) is 5.91 Å². The summed E-state index contributed by atoms with van der Waals surface area (Å²) in [6, 6.07) is 0.537. The molecule has 0 aliphatic heterocycles. The van der Waals surface area contributed by atoms with E-state index < -0.39 is 8.80 Å². The molecule has 1 unspecified atom stereocenters. The van der Waals surface area contributed by atoms with Crippen LogP contribution in [0.25, 0.3) is 0 Å². The van der Waals surface area contributed by atoms with Gasteiger partial charge in [-0.15, -0.1) is 0 Å². The number of aliphatic hydroxyl groups is 1. The van der Waals surface area contributed by atoms with Crippen molar-refractivity contribution in [1.82, 2.24) is 0 Å². The Hall–Kier alpha value is -0.473. The quantitative estimate of drug-likeness (QED) is 0.548. The van der Waals surface area contributed by atoms with Crippen molar-refractivity contribution in [2.75, 3.05) is 27.9 Å². The van der Waals surface area contributed by atoms with Gasteiger partial charge in [-0.1, -0.05) is 0 Å². The van der Waals surface area contributed by atoms with Crippen LogP contribution < -0.4 is 5.73 Å². The van der Waals surface area contributed by atoms with Crippen molar-refractivity contribution < 1.29 is 23.2 Å². The fourth-order valence-electron chi connectivity index (χ4n) is 1.67. The standard InChI is InChI=1S/C10H23NO5Si/c1-14-17(15-2,16-3)8-6-9(10(11)13)5-4-7-12/h9,12H,4-8H2,1-3H3,(H2,11,13). The summed E-state index contributed by atoms with van der Waals surface area (Å²) in [5.74, 6) is -0.626. The van der Waals surface area contributed by atoms with Gasteiger partial charge in [0.05, 0.1) is 0 Å². The van der Waals surface area contributed by atoms with Gasteiger partial charge in [0.1, 0.15) is 0 Å². The molecule has 0 fully saturated rings. The van der Waals surface area contributed by atoms with E-state index in [0.29, 0.717) is 25.3 Å². The Morgan fingerprint density at radius 3 is 2.12 bits per heavy atom. The van der Waals surface area contributed by atoms with E-state index in [2.05, 4.69) is 0 Å². The van der Waals surface area contributed by atoms with Crippen LogP contribution in [-0.2, 0) is 18.1 Å². The SMILES string of the molecule is CO[Si](CCC(CCCO)C(N)=O)(OC)OC. The highest BCUT2D eigenvalue weighted by Crippen LogP contribution is 2.21. The molecule has 0 aromatic carbocycles. The van der Waals surface area contributed by atoms with Crippen molar-refractivity contribution in [3.63, 3.8) is 0 Å². The molecule has 1 atom stereocenters. The van der Waals surface area contributed by atoms with Gasteiger partial charge in [0.15, 0.2) is 0 Å². The Morgan fingerprint density at radius 1 is 1.24 bits per heavy atom. The third-order valence-electron chi connectivity index (χ3n) is 2.85. The maximum atomic E-state index is 11.2. The van der Waals surface area contributed by atoms with Crippen LogP contribution in [0.4, 0.5) is 0 Å². The molecule has 0 aliphatic carbocycles. The molecule has 0 aromatic heterocycles. The second-order valence-electron chi connectivity index (χ2n) is 3.80. The Kier molecular flexibility index (Phi) is 8.35. The fourth-order valence-corrected chi connectivity index (χ4v) is 3.49. The second-order valence-corrected chi connectivity index (χ2v) is 6.89. The van der Waals surface area contributed by atoms with Crippen molar-refractivity contribution >= 4 is 14.7 Å². The number of rotatable bonds is 10. The number of primary amides is 1. The van der Waals surface area contributed by atoms with Crippen LogP contribution in [0.5, 0.6) is 0 Å². The second kappa shape index (κ2) is 8.59. The lowest BCUT2D eigenvalue weighted by Crippen LogP contribution is -2.43. The molecule has 17 heavy (non-hydrogen) atoms. The molecule has 6 nitrogen and oxygen atoms in total. The number of hydrogen-bond acceptors (Lipinski definition) is 5. The lowest BCUT2D eigenvalue weighted by molar-refractivity contribution is -0.122. The van der Waals surface area contributed by atoms with Gasteiger partial charge in [-0.25, -0.2) is 0 Å². The predicted octanol–water partition coefficient (Wildman–Crippen LogP) is 0.129. The van der Waals surface area contributed by atoms with Crippen molar-refractivity contribution in [2.24, 2.45) is 11.7 Å². The minimum Gasteiger partial charge on any atom is -0.396 e. The number of hydrogen-bond donors (Lipinski definition) is 2. The van der Waals surface area contributed by atoms with Crippen LogP contribution >= 0.6 is 0 Å². The summed E-state index contributed by atoms with van der Waals surface area (Å²) >= 11 is 0. The van der Waals surface area contributed by atoms with Crippen LogP contribution in [0.15, 0.2) is 0 Å². The molecule has 0 aromatic rings. The van der Waals surface area contributed by atoms with E-state index in [4.69, 9.17) is 24.1 Å². The molecule has 7 heteroatoms. The van der Waals surface area contributed by atoms with E-state index in [9.17, 15) is 4.79 Å². The first kappa shape index (κ1) is 16.5.